The minimum atomic E-state index is -0.847. The number of ether oxygens (including phenoxy) is 1. The molecular weight excluding hydrogens is 410 g/mol. The van der Waals surface area contributed by atoms with E-state index in [9.17, 15) is 24.5 Å². The minimum absolute atomic E-state index is 0.218. The number of thiophene rings is 1. The second-order valence-electron chi connectivity index (χ2n) is 7.33. The van der Waals surface area contributed by atoms with Crippen molar-refractivity contribution >= 4 is 33.9 Å². The Morgan fingerprint density at radius 3 is 2.80 bits per heavy atom. The van der Waals surface area contributed by atoms with Crippen molar-refractivity contribution in [2.75, 3.05) is 11.9 Å². The van der Waals surface area contributed by atoms with Gasteiger partial charge in [-0.3, -0.25) is 24.3 Å². The monoisotopic (exact) mass is 433 g/mol. The molecule has 0 aromatic carbocycles. The third kappa shape index (κ3) is 4.28. The second-order valence-corrected chi connectivity index (χ2v) is 8.44. The summed E-state index contributed by atoms with van der Waals surface area (Å²) in [6.07, 6.45) is 2.51. The van der Waals surface area contributed by atoms with E-state index >= 15 is 0 Å². The molecule has 0 aliphatic heterocycles. The van der Waals surface area contributed by atoms with Crippen LogP contribution in [0, 0.1) is 23.0 Å². The predicted octanol–water partition coefficient (Wildman–Crippen LogP) is 3.07. The summed E-state index contributed by atoms with van der Waals surface area (Å²) in [7, 11) is 0. The van der Waals surface area contributed by atoms with Crippen LogP contribution in [-0.4, -0.2) is 28.0 Å². The van der Waals surface area contributed by atoms with Crippen LogP contribution in [0.3, 0.4) is 0 Å². The van der Waals surface area contributed by atoms with E-state index in [2.05, 4.69) is 12.2 Å². The molecule has 2 heterocycles. The molecule has 0 saturated carbocycles. The quantitative estimate of drug-likeness (QED) is 0.425. The number of amides is 1. The summed E-state index contributed by atoms with van der Waals surface area (Å²) in [4.78, 5) is 48.9. The maximum Gasteiger partial charge on any atom is 0.341 e. The summed E-state index contributed by atoms with van der Waals surface area (Å²) in [5, 5.41) is 14.1. The second kappa shape index (κ2) is 8.78. The highest BCUT2D eigenvalue weighted by Gasteiger charge is 2.29. The molecule has 9 nitrogen and oxygen atoms in total. The number of rotatable bonds is 6. The maximum atomic E-state index is 12.7. The zero-order chi connectivity index (χ0) is 22.0. The highest BCUT2D eigenvalue weighted by molar-refractivity contribution is 7.17. The molecule has 10 heteroatoms. The fraction of sp³-hybridized carbons (Fsp3) is 0.450. The van der Waals surface area contributed by atoms with Gasteiger partial charge in [0.1, 0.15) is 11.5 Å². The van der Waals surface area contributed by atoms with Gasteiger partial charge < -0.3 is 10.1 Å². The lowest BCUT2D eigenvalue weighted by Crippen LogP contribution is -2.30. The molecule has 1 aliphatic carbocycles. The molecule has 1 unspecified atom stereocenters. The molecule has 3 rings (SSSR count). The fourth-order valence-electron chi connectivity index (χ4n) is 3.56. The van der Waals surface area contributed by atoms with Crippen molar-refractivity contribution in [2.24, 2.45) is 5.92 Å². The lowest BCUT2D eigenvalue weighted by molar-refractivity contribution is -0.386. The third-order valence-electron chi connectivity index (χ3n) is 5.12. The minimum Gasteiger partial charge on any atom is -0.462 e. The van der Waals surface area contributed by atoms with Gasteiger partial charge in [0.25, 0.3) is 0 Å². The molecule has 1 aliphatic rings. The molecule has 160 valence electrons. The Hall–Kier alpha value is -3.01. The van der Waals surface area contributed by atoms with Crippen LogP contribution in [0.25, 0.3) is 0 Å². The Kier molecular flexibility index (Phi) is 6.35. The van der Waals surface area contributed by atoms with Gasteiger partial charge in [-0.25, -0.2) is 4.79 Å². The molecule has 2 aromatic rings. The zero-order valence-corrected chi connectivity index (χ0v) is 17.8. The van der Waals surface area contributed by atoms with Crippen LogP contribution in [0.15, 0.2) is 16.9 Å². The summed E-state index contributed by atoms with van der Waals surface area (Å²) < 4.78 is 6.23. The lowest BCUT2D eigenvalue weighted by Gasteiger charge is -2.18. The van der Waals surface area contributed by atoms with E-state index < -0.39 is 34.6 Å². The van der Waals surface area contributed by atoms with Crippen molar-refractivity contribution in [3.63, 3.8) is 0 Å². The number of fused-ring (bicyclic) bond motifs is 1. The van der Waals surface area contributed by atoms with Crippen LogP contribution in [0.4, 0.5) is 10.7 Å². The topological polar surface area (TPSA) is 121 Å². The Balaban J connectivity index is 1.91. The van der Waals surface area contributed by atoms with E-state index in [4.69, 9.17) is 4.74 Å². The van der Waals surface area contributed by atoms with E-state index in [0.29, 0.717) is 22.2 Å². The van der Waals surface area contributed by atoms with Crippen molar-refractivity contribution in [3.05, 3.63) is 54.3 Å². The smallest absolute Gasteiger partial charge is 0.341 e. The van der Waals surface area contributed by atoms with Crippen LogP contribution in [-0.2, 0) is 28.9 Å². The number of nitrogens with one attached hydrogen (secondary N) is 1. The van der Waals surface area contributed by atoms with Crippen molar-refractivity contribution < 1.29 is 19.2 Å². The van der Waals surface area contributed by atoms with Gasteiger partial charge in [-0.15, -0.1) is 11.3 Å². The van der Waals surface area contributed by atoms with Crippen LogP contribution in [0.1, 0.15) is 46.8 Å². The number of nitro groups is 1. The molecule has 2 aromatic heterocycles. The Labute approximate surface area is 176 Å². The van der Waals surface area contributed by atoms with E-state index in [1.807, 2.05) is 0 Å². The standard InChI is InChI=1S/C20H23N3O6S/c1-4-29-20(26)17-13-7-5-11(2)9-15(13)30-18(17)21-16(24)10-22-12(3)6-8-14(19(22)25)23(27)28/h6,8,11H,4-5,7,9-10H2,1-3H3,(H,21,24). The van der Waals surface area contributed by atoms with Gasteiger partial charge in [0.2, 0.25) is 5.91 Å². The van der Waals surface area contributed by atoms with E-state index in [1.54, 1.807) is 13.8 Å². The largest absolute Gasteiger partial charge is 0.462 e. The first-order valence-electron chi connectivity index (χ1n) is 9.69. The third-order valence-corrected chi connectivity index (χ3v) is 6.28. The van der Waals surface area contributed by atoms with E-state index in [-0.39, 0.29) is 6.61 Å². The summed E-state index contributed by atoms with van der Waals surface area (Å²) >= 11 is 1.35. The van der Waals surface area contributed by atoms with Crippen molar-refractivity contribution in [1.29, 1.82) is 0 Å². The highest BCUT2D eigenvalue weighted by Crippen LogP contribution is 2.40. The summed E-state index contributed by atoms with van der Waals surface area (Å²) in [5.74, 6) is -0.540. The van der Waals surface area contributed by atoms with Gasteiger partial charge in [0.15, 0.2) is 0 Å². The molecule has 1 N–H and O–H groups in total. The summed E-state index contributed by atoms with van der Waals surface area (Å²) in [6.45, 7) is 5.27. The number of aryl methyl sites for hydroxylation is 1. The first-order chi connectivity index (χ1) is 14.2. The lowest BCUT2D eigenvalue weighted by atomic mass is 9.88. The Morgan fingerprint density at radius 1 is 1.40 bits per heavy atom. The first kappa shape index (κ1) is 21.7. The summed E-state index contributed by atoms with van der Waals surface area (Å²) in [5.41, 5.74) is 0.266. The highest BCUT2D eigenvalue weighted by atomic mass is 32.1. The van der Waals surface area contributed by atoms with Crippen molar-refractivity contribution in [1.82, 2.24) is 4.57 Å². The average Bonchev–Trinajstić information content (AvgIpc) is 3.01. The Bertz CT molecular complexity index is 1070. The van der Waals surface area contributed by atoms with Gasteiger partial charge in [-0.1, -0.05) is 6.92 Å². The number of hydrogen-bond donors (Lipinski definition) is 1. The van der Waals surface area contributed by atoms with Crippen LogP contribution < -0.4 is 10.9 Å². The molecule has 0 bridgehead atoms. The molecule has 30 heavy (non-hydrogen) atoms. The number of esters is 1. The summed E-state index contributed by atoms with van der Waals surface area (Å²) in [6, 6.07) is 2.54. The number of anilines is 1. The molecule has 0 spiro atoms. The average molecular weight is 433 g/mol. The molecular formula is C20H23N3O6S. The molecule has 0 saturated heterocycles. The number of pyridine rings is 1. The molecule has 0 fully saturated rings. The first-order valence-corrected chi connectivity index (χ1v) is 10.5. The van der Waals surface area contributed by atoms with E-state index in [1.165, 1.54) is 17.4 Å². The molecule has 1 atom stereocenters. The van der Waals surface area contributed by atoms with Gasteiger partial charge in [0.05, 0.1) is 17.1 Å². The van der Waals surface area contributed by atoms with Crippen molar-refractivity contribution in [2.45, 2.75) is 46.6 Å². The SMILES string of the molecule is CCOC(=O)c1c(NC(=O)Cn2c(C)ccc([N+](=O)[O-])c2=O)sc2c1CCC(C)C2. The Morgan fingerprint density at radius 2 is 2.13 bits per heavy atom. The van der Waals surface area contributed by atoms with Crippen LogP contribution in [0.5, 0.6) is 0 Å². The maximum absolute atomic E-state index is 12.7. The van der Waals surface area contributed by atoms with Gasteiger partial charge >= 0.3 is 17.2 Å². The zero-order valence-electron chi connectivity index (χ0n) is 17.0. The molecule has 1 amide bonds. The van der Waals surface area contributed by atoms with Gasteiger partial charge in [-0.2, -0.15) is 0 Å². The van der Waals surface area contributed by atoms with Crippen LogP contribution >= 0.6 is 11.3 Å². The number of aromatic nitrogens is 1. The fourth-order valence-corrected chi connectivity index (χ4v) is 4.98. The van der Waals surface area contributed by atoms with E-state index in [0.717, 1.165) is 40.3 Å². The normalized spacial score (nSPS) is 15.4. The van der Waals surface area contributed by atoms with Crippen LogP contribution in [0.2, 0.25) is 0 Å². The van der Waals surface area contributed by atoms with Gasteiger partial charge in [0, 0.05) is 16.6 Å². The molecule has 0 radical (unpaired) electrons. The number of nitrogens with zero attached hydrogens (tertiary/aromatic N) is 2. The number of carbonyl (C=O) groups is 2. The number of carbonyl (C=O) groups excluding carboxylic acids is 2. The predicted molar refractivity (Wildman–Crippen MR) is 112 cm³/mol. The van der Waals surface area contributed by atoms with Crippen molar-refractivity contribution in [3.8, 4) is 0 Å². The number of hydrogen-bond acceptors (Lipinski definition) is 7. The van der Waals surface area contributed by atoms with Gasteiger partial charge in [-0.05, 0) is 50.7 Å².